The van der Waals surface area contributed by atoms with Crippen LogP contribution in [0.4, 0.5) is 0 Å². The molecule has 1 fully saturated rings. The van der Waals surface area contributed by atoms with Crippen LogP contribution in [-0.4, -0.2) is 17.6 Å². The minimum Gasteiger partial charge on any atom is -0.481 e. The Balaban J connectivity index is 0.00000243. The highest BCUT2D eigenvalue weighted by Crippen LogP contribution is 2.40. The van der Waals surface area contributed by atoms with Crippen molar-refractivity contribution >= 4 is 41.6 Å². The van der Waals surface area contributed by atoms with Gasteiger partial charge in [-0.3, -0.25) is 4.79 Å². The Labute approximate surface area is 168 Å². The van der Waals surface area contributed by atoms with Crippen LogP contribution in [0.5, 0.6) is 11.5 Å². The van der Waals surface area contributed by atoms with E-state index in [-0.39, 0.29) is 24.9 Å². The van der Waals surface area contributed by atoms with Crippen molar-refractivity contribution in [2.75, 3.05) is 6.54 Å². The number of rotatable bonds is 5. The van der Waals surface area contributed by atoms with Gasteiger partial charge in [0.15, 0.2) is 0 Å². The van der Waals surface area contributed by atoms with Crippen LogP contribution in [0.25, 0.3) is 0 Å². The second kappa shape index (κ2) is 8.96. The van der Waals surface area contributed by atoms with Gasteiger partial charge in [-0.1, -0.05) is 41.4 Å². The van der Waals surface area contributed by atoms with Gasteiger partial charge < -0.3 is 15.2 Å². The molecule has 0 aliphatic carbocycles. The van der Waals surface area contributed by atoms with Crippen LogP contribution < -0.4 is 10.1 Å². The maximum absolute atomic E-state index is 11.2. The van der Waals surface area contributed by atoms with E-state index in [1.54, 1.807) is 18.2 Å². The van der Waals surface area contributed by atoms with E-state index in [9.17, 15) is 9.90 Å². The molecule has 1 atom stereocenters. The van der Waals surface area contributed by atoms with Crippen molar-refractivity contribution in [3.05, 3.63) is 57.1 Å². The molecule has 7 heteroatoms. The van der Waals surface area contributed by atoms with Gasteiger partial charge in [-0.25, -0.2) is 0 Å². The number of nitrogens with one attached hydrogen (secondary N) is 1. The molecule has 2 aromatic carbocycles. The molecule has 0 bridgehead atoms. The Hall–Kier alpha value is -1.46. The van der Waals surface area contributed by atoms with Gasteiger partial charge in [0.1, 0.15) is 16.5 Å². The Bertz CT molecular complexity index is 805. The third kappa shape index (κ3) is 4.44. The average Bonchev–Trinajstić information content (AvgIpc) is 3.08. The van der Waals surface area contributed by atoms with Crippen LogP contribution >= 0.6 is 35.6 Å². The van der Waals surface area contributed by atoms with Gasteiger partial charge in [0.25, 0.3) is 0 Å². The molecule has 1 heterocycles. The van der Waals surface area contributed by atoms with Crippen molar-refractivity contribution < 1.29 is 14.6 Å². The smallest absolute Gasteiger partial charge is 0.307 e. The lowest BCUT2D eigenvalue weighted by atomic mass is 9.95. The van der Waals surface area contributed by atoms with Gasteiger partial charge in [-0.2, -0.15) is 0 Å². The van der Waals surface area contributed by atoms with Crippen molar-refractivity contribution in [3.63, 3.8) is 0 Å². The molecule has 0 radical (unpaired) electrons. The Morgan fingerprint density at radius 3 is 2.73 bits per heavy atom. The summed E-state index contributed by atoms with van der Waals surface area (Å²) in [7, 11) is 0. The summed E-state index contributed by atoms with van der Waals surface area (Å²) >= 11 is 12.3. The zero-order chi connectivity index (χ0) is 18.0. The number of hydrogen-bond donors (Lipinski definition) is 2. The number of hydrogen-bond acceptors (Lipinski definition) is 3. The zero-order valence-electron chi connectivity index (χ0n) is 14.2. The first-order valence-corrected chi connectivity index (χ1v) is 8.92. The predicted octanol–water partition coefficient (Wildman–Crippen LogP) is 5.57. The lowest BCUT2D eigenvalue weighted by molar-refractivity contribution is -0.136. The molecule has 2 N–H and O–H groups in total. The molecule has 2 aromatic rings. The van der Waals surface area contributed by atoms with Crippen molar-refractivity contribution in [2.45, 2.75) is 32.2 Å². The van der Waals surface area contributed by atoms with E-state index in [2.05, 4.69) is 5.32 Å². The topological polar surface area (TPSA) is 58.6 Å². The molecule has 1 unspecified atom stereocenters. The molecule has 4 nitrogen and oxygen atoms in total. The number of aliphatic carboxylic acids is 1. The maximum atomic E-state index is 11.2. The van der Waals surface area contributed by atoms with Crippen LogP contribution in [-0.2, 0) is 11.2 Å². The highest BCUT2D eigenvalue weighted by Gasteiger charge is 2.23. The minimum atomic E-state index is -0.909. The SMILES string of the molecule is Cc1c(C2CCCN2)ccc(CC(=O)O)c1Oc1cccc(Cl)c1Cl.Cl. The second-order valence-electron chi connectivity index (χ2n) is 6.14. The van der Waals surface area contributed by atoms with Crippen molar-refractivity contribution in [1.29, 1.82) is 0 Å². The zero-order valence-corrected chi connectivity index (χ0v) is 16.5. The number of carboxylic acid groups (broad SMARTS) is 1. The Morgan fingerprint density at radius 2 is 2.08 bits per heavy atom. The van der Waals surface area contributed by atoms with Crippen molar-refractivity contribution in [1.82, 2.24) is 5.32 Å². The van der Waals surface area contributed by atoms with E-state index >= 15 is 0 Å². The van der Waals surface area contributed by atoms with Crippen LogP contribution in [0.3, 0.4) is 0 Å². The molecule has 140 valence electrons. The van der Waals surface area contributed by atoms with Crippen molar-refractivity contribution in [3.8, 4) is 11.5 Å². The summed E-state index contributed by atoms with van der Waals surface area (Å²) < 4.78 is 6.05. The van der Waals surface area contributed by atoms with E-state index in [0.29, 0.717) is 27.1 Å². The van der Waals surface area contributed by atoms with Gasteiger partial charge in [0.05, 0.1) is 11.4 Å². The molecule has 0 amide bonds. The first-order valence-electron chi connectivity index (χ1n) is 8.16. The van der Waals surface area contributed by atoms with Crippen molar-refractivity contribution in [2.24, 2.45) is 0 Å². The third-order valence-corrected chi connectivity index (χ3v) is 5.24. The summed E-state index contributed by atoms with van der Waals surface area (Å²) in [6.07, 6.45) is 2.06. The van der Waals surface area contributed by atoms with Crippen LogP contribution in [0, 0.1) is 6.92 Å². The fraction of sp³-hybridized carbons (Fsp3) is 0.316. The number of carbonyl (C=O) groups is 1. The molecule has 1 aliphatic rings. The fourth-order valence-corrected chi connectivity index (χ4v) is 3.54. The summed E-state index contributed by atoms with van der Waals surface area (Å²) in [6, 6.07) is 9.22. The van der Waals surface area contributed by atoms with Crippen LogP contribution in [0.2, 0.25) is 10.0 Å². The average molecular weight is 417 g/mol. The molecule has 26 heavy (non-hydrogen) atoms. The largest absolute Gasteiger partial charge is 0.481 e. The first-order chi connectivity index (χ1) is 12.0. The summed E-state index contributed by atoms with van der Waals surface area (Å²) in [6.45, 7) is 2.94. The fourth-order valence-electron chi connectivity index (χ4n) is 3.21. The normalized spacial score (nSPS) is 16.2. The van der Waals surface area contributed by atoms with E-state index in [1.165, 1.54) is 0 Å². The standard InChI is InChI=1S/C19H19Cl2NO3.ClH/c1-11-13(15-5-3-9-22-15)8-7-12(10-17(23)24)19(11)25-16-6-2-4-14(20)18(16)21;/h2,4,6-8,15,22H,3,5,9-10H2,1H3,(H,23,24);1H. The monoisotopic (exact) mass is 415 g/mol. The number of halogens is 3. The molecule has 1 saturated heterocycles. The van der Waals surface area contributed by atoms with E-state index in [4.69, 9.17) is 27.9 Å². The maximum Gasteiger partial charge on any atom is 0.307 e. The summed E-state index contributed by atoms with van der Waals surface area (Å²) in [5.41, 5.74) is 2.66. The van der Waals surface area contributed by atoms with Crippen LogP contribution in [0.1, 0.15) is 35.6 Å². The lowest BCUT2D eigenvalue weighted by Gasteiger charge is -2.20. The highest BCUT2D eigenvalue weighted by molar-refractivity contribution is 6.42. The third-order valence-electron chi connectivity index (χ3n) is 4.43. The second-order valence-corrected chi connectivity index (χ2v) is 6.93. The molecule has 3 rings (SSSR count). The minimum absolute atomic E-state index is 0. The quantitative estimate of drug-likeness (QED) is 0.669. The predicted molar refractivity (Wildman–Crippen MR) is 106 cm³/mol. The highest BCUT2D eigenvalue weighted by atomic mass is 35.5. The molecular formula is C19H20Cl3NO3. The first kappa shape index (κ1) is 20.8. The number of carboxylic acids is 1. The Morgan fingerprint density at radius 1 is 1.31 bits per heavy atom. The van der Waals surface area contributed by atoms with Gasteiger partial charge in [0, 0.05) is 11.6 Å². The molecule has 1 aliphatic heterocycles. The summed E-state index contributed by atoms with van der Waals surface area (Å²) in [4.78, 5) is 11.2. The summed E-state index contributed by atoms with van der Waals surface area (Å²) in [5.74, 6) is 0.0476. The van der Waals surface area contributed by atoms with E-state index < -0.39 is 5.97 Å². The van der Waals surface area contributed by atoms with E-state index in [1.807, 2.05) is 19.1 Å². The molecule has 0 aromatic heterocycles. The van der Waals surface area contributed by atoms with Crippen LogP contribution in [0.15, 0.2) is 30.3 Å². The molecule has 0 spiro atoms. The Kier molecular flexibility index (Phi) is 7.18. The van der Waals surface area contributed by atoms with Gasteiger partial charge in [-0.05, 0) is 49.6 Å². The number of benzene rings is 2. The molecular weight excluding hydrogens is 397 g/mol. The van der Waals surface area contributed by atoms with Gasteiger partial charge in [0.2, 0.25) is 0 Å². The van der Waals surface area contributed by atoms with E-state index in [0.717, 1.165) is 30.5 Å². The van der Waals surface area contributed by atoms with Gasteiger partial charge >= 0.3 is 5.97 Å². The summed E-state index contributed by atoms with van der Waals surface area (Å²) in [5, 5.41) is 13.4. The lowest BCUT2D eigenvalue weighted by Crippen LogP contribution is -2.15. The number of ether oxygens (including phenoxy) is 1. The molecule has 0 saturated carbocycles. The van der Waals surface area contributed by atoms with Gasteiger partial charge in [-0.15, -0.1) is 12.4 Å².